The Kier molecular flexibility index (Phi) is 8.03. The van der Waals surface area contributed by atoms with Gasteiger partial charge in [-0.25, -0.2) is 0 Å². The van der Waals surface area contributed by atoms with Gasteiger partial charge in [0.15, 0.2) is 0 Å². The van der Waals surface area contributed by atoms with E-state index in [1.54, 1.807) is 20.8 Å². The summed E-state index contributed by atoms with van der Waals surface area (Å²) in [5.41, 5.74) is 1.92. The van der Waals surface area contributed by atoms with Gasteiger partial charge in [-0.15, -0.1) is 0 Å². The fourth-order valence-corrected chi connectivity index (χ4v) is 3.41. The lowest BCUT2D eigenvalue weighted by atomic mass is 10.0. The predicted octanol–water partition coefficient (Wildman–Crippen LogP) is 3.19. The Morgan fingerprint density at radius 2 is 1.64 bits per heavy atom. The highest BCUT2D eigenvalue weighted by atomic mass is 16.5. The molecule has 28 heavy (non-hydrogen) atoms. The topological polar surface area (TPSA) is 84.5 Å². The Morgan fingerprint density at radius 3 is 2.21 bits per heavy atom. The first kappa shape index (κ1) is 21.9. The summed E-state index contributed by atoms with van der Waals surface area (Å²) in [6.45, 7) is 7.22. The molecule has 1 aromatic carbocycles. The molecule has 6 heteroatoms. The lowest BCUT2D eigenvalue weighted by Crippen LogP contribution is -2.47. The third-order valence-corrected chi connectivity index (χ3v) is 5.01. The second-order valence-electron chi connectivity index (χ2n) is 7.93. The Bertz CT molecular complexity index is 678. The van der Waals surface area contributed by atoms with Crippen LogP contribution in [-0.2, 0) is 19.1 Å². The smallest absolute Gasteiger partial charge is 0.308 e. The van der Waals surface area contributed by atoms with Crippen LogP contribution in [0.1, 0.15) is 70.0 Å². The molecule has 0 radical (unpaired) electrons. The number of amides is 2. The van der Waals surface area contributed by atoms with E-state index in [-0.39, 0.29) is 36.2 Å². The normalized spacial score (nSPS) is 16.5. The van der Waals surface area contributed by atoms with Gasteiger partial charge in [-0.05, 0) is 46.1 Å². The summed E-state index contributed by atoms with van der Waals surface area (Å²) in [5, 5.41) is 5.70. The van der Waals surface area contributed by atoms with Crippen LogP contribution in [0.4, 0.5) is 0 Å². The zero-order valence-electron chi connectivity index (χ0n) is 17.3. The second-order valence-corrected chi connectivity index (χ2v) is 7.93. The van der Waals surface area contributed by atoms with Crippen molar-refractivity contribution in [2.24, 2.45) is 5.92 Å². The Morgan fingerprint density at radius 1 is 1.04 bits per heavy atom. The highest BCUT2D eigenvalue weighted by molar-refractivity contribution is 5.88. The van der Waals surface area contributed by atoms with Gasteiger partial charge in [-0.2, -0.15) is 0 Å². The minimum absolute atomic E-state index is 0.00386. The van der Waals surface area contributed by atoms with Gasteiger partial charge in [-0.1, -0.05) is 42.7 Å². The van der Waals surface area contributed by atoms with Gasteiger partial charge in [0.05, 0.1) is 18.6 Å². The molecule has 0 saturated heterocycles. The Balaban J connectivity index is 2.02. The molecule has 154 valence electrons. The van der Waals surface area contributed by atoms with E-state index in [4.69, 9.17) is 4.74 Å². The van der Waals surface area contributed by atoms with E-state index in [1.165, 1.54) is 0 Å². The van der Waals surface area contributed by atoms with Crippen molar-refractivity contribution in [1.82, 2.24) is 10.6 Å². The molecule has 1 saturated carbocycles. The van der Waals surface area contributed by atoms with Crippen molar-refractivity contribution < 1.29 is 19.1 Å². The SMILES string of the molecule is Cc1ccc([C@H](CC(=O)OC(C)C)NC(=O)[C@H](C)NC(=O)C2CCCC2)cc1. The maximum atomic E-state index is 12.7. The van der Waals surface area contributed by atoms with E-state index >= 15 is 0 Å². The average Bonchev–Trinajstić information content (AvgIpc) is 3.15. The number of hydrogen-bond acceptors (Lipinski definition) is 4. The molecule has 1 fully saturated rings. The first-order valence-corrected chi connectivity index (χ1v) is 10.1. The number of nitrogens with one attached hydrogen (secondary N) is 2. The van der Waals surface area contributed by atoms with E-state index in [9.17, 15) is 14.4 Å². The van der Waals surface area contributed by atoms with E-state index < -0.39 is 12.1 Å². The van der Waals surface area contributed by atoms with Crippen molar-refractivity contribution in [3.8, 4) is 0 Å². The van der Waals surface area contributed by atoms with Crippen LogP contribution in [0.15, 0.2) is 24.3 Å². The third-order valence-electron chi connectivity index (χ3n) is 5.01. The molecule has 0 unspecified atom stereocenters. The fourth-order valence-electron chi connectivity index (χ4n) is 3.41. The van der Waals surface area contributed by atoms with Crippen molar-refractivity contribution >= 4 is 17.8 Å². The van der Waals surface area contributed by atoms with E-state index in [2.05, 4.69) is 10.6 Å². The molecule has 1 aliphatic rings. The molecule has 2 atom stereocenters. The summed E-state index contributed by atoms with van der Waals surface area (Å²) in [6.07, 6.45) is 3.71. The zero-order valence-corrected chi connectivity index (χ0v) is 17.3. The average molecular weight is 389 g/mol. The van der Waals surface area contributed by atoms with Gasteiger partial charge in [-0.3, -0.25) is 14.4 Å². The summed E-state index contributed by atoms with van der Waals surface area (Å²) >= 11 is 0. The lowest BCUT2D eigenvalue weighted by Gasteiger charge is -2.23. The minimum Gasteiger partial charge on any atom is -0.463 e. The predicted molar refractivity (Wildman–Crippen MR) is 107 cm³/mol. The van der Waals surface area contributed by atoms with Crippen LogP contribution in [0.25, 0.3) is 0 Å². The molecule has 0 spiro atoms. The molecule has 2 rings (SSSR count). The number of carbonyl (C=O) groups is 3. The molecule has 0 aromatic heterocycles. The minimum atomic E-state index is -0.665. The monoisotopic (exact) mass is 388 g/mol. The first-order chi connectivity index (χ1) is 13.3. The summed E-state index contributed by atoms with van der Waals surface area (Å²) in [4.78, 5) is 37.1. The first-order valence-electron chi connectivity index (χ1n) is 10.1. The number of carbonyl (C=O) groups excluding carboxylic acids is 3. The van der Waals surface area contributed by atoms with Gasteiger partial charge < -0.3 is 15.4 Å². The molecule has 1 aromatic rings. The number of aryl methyl sites for hydroxylation is 1. The third kappa shape index (κ3) is 6.66. The van der Waals surface area contributed by atoms with Crippen LogP contribution in [0.2, 0.25) is 0 Å². The maximum Gasteiger partial charge on any atom is 0.308 e. The molecular weight excluding hydrogens is 356 g/mol. The molecule has 1 aliphatic carbocycles. The standard InChI is InChI=1S/C22H32N2O4/c1-14(2)28-20(25)13-19(17-11-9-15(3)10-12-17)24-21(26)16(4)23-22(27)18-7-5-6-8-18/h9-12,14,16,18-19H,5-8,13H2,1-4H3,(H,23,27)(H,24,26)/t16-,19-/m0/s1. The number of hydrogen-bond donors (Lipinski definition) is 2. The lowest BCUT2D eigenvalue weighted by molar-refractivity contribution is -0.148. The molecule has 6 nitrogen and oxygen atoms in total. The van der Waals surface area contributed by atoms with E-state index in [0.29, 0.717) is 0 Å². The summed E-state index contributed by atoms with van der Waals surface area (Å²) < 4.78 is 5.24. The number of ether oxygens (including phenoxy) is 1. The van der Waals surface area contributed by atoms with E-state index in [0.717, 1.165) is 36.8 Å². The van der Waals surface area contributed by atoms with Gasteiger partial charge >= 0.3 is 5.97 Å². The molecule has 2 N–H and O–H groups in total. The summed E-state index contributed by atoms with van der Waals surface area (Å²) in [5.74, 6) is -0.742. The highest BCUT2D eigenvalue weighted by Crippen LogP contribution is 2.25. The Labute approximate surface area is 167 Å². The zero-order chi connectivity index (χ0) is 20.7. The molecular formula is C22H32N2O4. The van der Waals surface area contributed by atoms with Crippen LogP contribution in [0.5, 0.6) is 0 Å². The van der Waals surface area contributed by atoms with Crippen molar-refractivity contribution in [3.63, 3.8) is 0 Å². The summed E-state index contributed by atoms with van der Waals surface area (Å²) in [6, 6.07) is 6.49. The van der Waals surface area contributed by atoms with Crippen LogP contribution in [0.3, 0.4) is 0 Å². The van der Waals surface area contributed by atoms with Crippen molar-refractivity contribution in [1.29, 1.82) is 0 Å². The quantitative estimate of drug-likeness (QED) is 0.670. The Hall–Kier alpha value is -2.37. The van der Waals surface area contributed by atoms with Gasteiger partial charge in [0.25, 0.3) is 0 Å². The fraction of sp³-hybridized carbons (Fsp3) is 0.591. The largest absolute Gasteiger partial charge is 0.463 e. The van der Waals surface area contributed by atoms with Crippen LogP contribution in [0, 0.1) is 12.8 Å². The maximum absolute atomic E-state index is 12.7. The number of esters is 1. The molecule has 0 bridgehead atoms. The van der Waals surface area contributed by atoms with E-state index in [1.807, 2.05) is 31.2 Å². The molecule has 0 aliphatic heterocycles. The van der Waals surface area contributed by atoms with Crippen LogP contribution >= 0.6 is 0 Å². The van der Waals surface area contributed by atoms with Gasteiger partial charge in [0.1, 0.15) is 6.04 Å². The van der Waals surface area contributed by atoms with Gasteiger partial charge in [0.2, 0.25) is 11.8 Å². The number of rotatable bonds is 8. The van der Waals surface area contributed by atoms with Gasteiger partial charge in [0, 0.05) is 5.92 Å². The van der Waals surface area contributed by atoms with Crippen LogP contribution < -0.4 is 10.6 Å². The van der Waals surface area contributed by atoms with Crippen LogP contribution in [-0.4, -0.2) is 29.9 Å². The van der Waals surface area contributed by atoms with Crippen molar-refractivity contribution in [3.05, 3.63) is 35.4 Å². The number of benzene rings is 1. The molecule has 0 heterocycles. The highest BCUT2D eigenvalue weighted by Gasteiger charge is 2.27. The summed E-state index contributed by atoms with van der Waals surface area (Å²) in [7, 11) is 0. The van der Waals surface area contributed by atoms with Crippen molar-refractivity contribution in [2.75, 3.05) is 0 Å². The molecule has 2 amide bonds. The second kappa shape index (κ2) is 10.2. The van der Waals surface area contributed by atoms with Crippen molar-refractivity contribution in [2.45, 2.75) is 78.0 Å².